The van der Waals surface area contributed by atoms with Crippen molar-refractivity contribution in [3.63, 3.8) is 0 Å². The third-order valence-corrected chi connectivity index (χ3v) is 3.91. The van der Waals surface area contributed by atoms with Crippen molar-refractivity contribution in [2.24, 2.45) is 0 Å². The van der Waals surface area contributed by atoms with Crippen molar-refractivity contribution in [2.45, 2.75) is 32.9 Å². The van der Waals surface area contributed by atoms with Crippen LogP contribution in [-0.2, 0) is 22.5 Å². The number of imidazole rings is 1. The van der Waals surface area contributed by atoms with Gasteiger partial charge in [-0.15, -0.1) is 0 Å². The van der Waals surface area contributed by atoms with Gasteiger partial charge in [-0.25, -0.2) is 4.98 Å². The molecule has 0 radical (unpaired) electrons. The van der Waals surface area contributed by atoms with Crippen molar-refractivity contribution in [2.75, 3.05) is 7.11 Å². The number of rotatable bonds is 6. The summed E-state index contributed by atoms with van der Waals surface area (Å²) in [4.78, 5) is 16.9. The van der Waals surface area contributed by atoms with Gasteiger partial charge < -0.3 is 14.0 Å². The summed E-state index contributed by atoms with van der Waals surface area (Å²) in [5.41, 5.74) is 2.92. The van der Waals surface area contributed by atoms with E-state index >= 15 is 0 Å². The second-order valence-electron chi connectivity index (χ2n) is 6.17. The maximum Gasteiger partial charge on any atom is 0.326 e. The molecule has 0 fully saturated rings. The molecule has 0 aliphatic heterocycles. The van der Waals surface area contributed by atoms with Gasteiger partial charge in [-0.05, 0) is 43.7 Å². The molecule has 0 N–H and O–H groups in total. The summed E-state index contributed by atoms with van der Waals surface area (Å²) in [5.74, 6) is 1.40. The van der Waals surface area contributed by atoms with E-state index in [1.54, 1.807) is 7.11 Å². The Bertz CT molecular complexity index is 866. The number of fused-ring (bicyclic) bond motifs is 1. The van der Waals surface area contributed by atoms with Gasteiger partial charge in [-0.2, -0.15) is 0 Å². The Hall–Kier alpha value is -2.82. The van der Waals surface area contributed by atoms with E-state index in [2.05, 4.69) is 0 Å². The molecule has 1 aromatic heterocycles. The number of esters is 1. The number of hydrogen-bond donors (Lipinski definition) is 0. The summed E-state index contributed by atoms with van der Waals surface area (Å²) in [7, 11) is 1.65. The third kappa shape index (κ3) is 3.99. The Labute approximate surface area is 147 Å². The zero-order valence-electron chi connectivity index (χ0n) is 14.7. The van der Waals surface area contributed by atoms with E-state index in [0.717, 1.165) is 28.2 Å². The first kappa shape index (κ1) is 17.0. The van der Waals surface area contributed by atoms with Gasteiger partial charge in [0, 0.05) is 6.42 Å². The first-order valence-corrected chi connectivity index (χ1v) is 8.33. The van der Waals surface area contributed by atoms with Gasteiger partial charge in [-0.3, -0.25) is 4.79 Å². The predicted molar refractivity (Wildman–Crippen MR) is 96.8 cm³/mol. The zero-order chi connectivity index (χ0) is 17.8. The molecule has 5 heteroatoms. The smallest absolute Gasteiger partial charge is 0.326 e. The van der Waals surface area contributed by atoms with Crippen molar-refractivity contribution < 1.29 is 14.3 Å². The molecule has 0 amide bonds. The van der Waals surface area contributed by atoms with Gasteiger partial charge in [0.1, 0.15) is 18.1 Å². The van der Waals surface area contributed by atoms with E-state index < -0.39 is 0 Å². The number of ether oxygens (including phenoxy) is 2. The van der Waals surface area contributed by atoms with Crippen molar-refractivity contribution in [3.8, 4) is 5.75 Å². The third-order valence-electron chi connectivity index (χ3n) is 3.91. The molecule has 0 atom stereocenters. The van der Waals surface area contributed by atoms with Gasteiger partial charge >= 0.3 is 5.97 Å². The fraction of sp³-hybridized carbons (Fsp3) is 0.300. The van der Waals surface area contributed by atoms with Crippen LogP contribution < -0.4 is 4.74 Å². The molecule has 0 aliphatic rings. The highest BCUT2D eigenvalue weighted by Crippen LogP contribution is 2.20. The van der Waals surface area contributed by atoms with Crippen LogP contribution in [0.25, 0.3) is 11.0 Å². The fourth-order valence-electron chi connectivity index (χ4n) is 2.79. The van der Waals surface area contributed by atoms with Crippen LogP contribution in [0.2, 0.25) is 0 Å². The van der Waals surface area contributed by atoms with E-state index in [4.69, 9.17) is 14.5 Å². The topological polar surface area (TPSA) is 53.4 Å². The van der Waals surface area contributed by atoms with E-state index in [1.165, 1.54) is 0 Å². The molecular weight excluding hydrogens is 316 g/mol. The Morgan fingerprint density at radius 3 is 2.52 bits per heavy atom. The van der Waals surface area contributed by atoms with Crippen LogP contribution in [0.1, 0.15) is 25.2 Å². The van der Waals surface area contributed by atoms with Crippen LogP contribution in [0.5, 0.6) is 5.75 Å². The minimum Gasteiger partial charge on any atom is -0.497 e. The summed E-state index contributed by atoms with van der Waals surface area (Å²) >= 11 is 0. The van der Waals surface area contributed by atoms with Crippen molar-refractivity contribution >= 4 is 17.0 Å². The average molecular weight is 338 g/mol. The quantitative estimate of drug-likeness (QED) is 0.645. The van der Waals surface area contributed by atoms with Crippen LogP contribution in [0.15, 0.2) is 48.5 Å². The highest BCUT2D eigenvalue weighted by molar-refractivity contribution is 5.79. The van der Waals surface area contributed by atoms with Crippen LogP contribution in [-0.4, -0.2) is 28.7 Å². The second-order valence-corrected chi connectivity index (χ2v) is 6.17. The molecule has 5 nitrogen and oxygen atoms in total. The molecule has 0 saturated heterocycles. The van der Waals surface area contributed by atoms with Gasteiger partial charge in [0.2, 0.25) is 0 Å². The summed E-state index contributed by atoms with van der Waals surface area (Å²) < 4.78 is 12.4. The van der Waals surface area contributed by atoms with Crippen LogP contribution >= 0.6 is 0 Å². The van der Waals surface area contributed by atoms with E-state index in [-0.39, 0.29) is 18.6 Å². The lowest BCUT2D eigenvalue weighted by Crippen LogP contribution is -2.19. The molecule has 0 saturated carbocycles. The molecule has 25 heavy (non-hydrogen) atoms. The average Bonchev–Trinajstić information content (AvgIpc) is 2.92. The highest BCUT2D eigenvalue weighted by atomic mass is 16.5. The number of methoxy groups -OCH3 is 1. The minimum atomic E-state index is -0.255. The van der Waals surface area contributed by atoms with Gasteiger partial charge in [0.25, 0.3) is 0 Å². The molecule has 130 valence electrons. The molecule has 1 heterocycles. The molecule has 3 rings (SSSR count). The lowest BCUT2D eigenvalue weighted by atomic mass is 10.1. The van der Waals surface area contributed by atoms with Gasteiger partial charge in [0.05, 0.1) is 24.2 Å². The second kappa shape index (κ2) is 7.38. The first-order chi connectivity index (χ1) is 12.1. The Morgan fingerprint density at radius 1 is 1.12 bits per heavy atom. The summed E-state index contributed by atoms with van der Waals surface area (Å²) in [6.07, 6.45) is 0.500. The predicted octanol–water partition coefficient (Wildman–Crippen LogP) is 3.59. The number of carbonyl (C=O) groups is 1. The summed E-state index contributed by atoms with van der Waals surface area (Å²) in [6.45, 7) is 3.86. The lowest BCUT2D eigenvalue weighted by molar-refractivity contribution is -0.148. The van der Waals surface area contributed by atoms with Gasteiger partial charge in [0.15, 0.2) is 0 Å². The highest BCUT2D eigenvalue weighted by Gasteiger charge is 2.15. The van der Waals surface area contributed by atoms with E-state index in [0.29, 0.717) is 6.42 Å². The first-order valence-electron chi connectivity index (χ1n) is 8.33. The summed E-state index contributed by atoms with van der Waals surface area (Å²) in [6, 6.07) is 15.7. The number of benzene rings is 2. The van der Waals surface area contributed by atoms with Crippen molar-refractivity contribution in [3.05, 3.63) is 59.9 Å². The van der Waals surface area contributed by atoms with Crippen LogP contribution in [0, 0.1) is 0 Å². The number of nitrogens with zero attached hydrogens (tertiary/aromatic N) is 2. The monoisotopic (exact) mass is 338 g/mol. The number of para-hydroxylation sites is 2. The van der Waals surface area contributed by atoms with Gasteiger partial charge in [-0.1, -0.05) is 24.3 Å². The van der Waals surface area contributed by atoms with Crippen molar-refractivity contribution in [1.82, 2.24) is 9.55 Å². The molecular formula is C20H22N2O3. The molecule has 0 bridgehead atoms. The lowest BCUT2D eigenvalue weighted by Gasteiger charge is -2.11. The van der Waals surface area contributed by atoms with Crippen LogP contribution in [0.3, 0.4) is 0 Å². The van der Waals surface area contributed by atoms with E-state index in [1.807, 2.05) is 66.9 Å². The standard InChI is InChI=1S/C20H22N2O3/c1-14(2)25-20(23)13-22-18-7-5-4-6-17(18)21-19(22)12-15-8-10-16(24-3)11-9-15/h4-11,14H,12-13H2,1-3H3. The Kier molecular flexibility index (Phi) is 5.03. The number of hydrogen-bond acceptors (Lipinski definition) is 4. The molecule has 0 aliphatic carbocycles. The normalized spacial score (nSPS) is 11.0. The Balaban J connectivity index is 1.92. The molecule has 0 unspecified atom stereocenters. The summed E-state index contributed by atoms with van der Waals surface area (Å²) in [5, 5.41) is 0. The zero-order valence-corrected chi connectivity index (χ0v) is 14.7. The maximum absolute atomic E-state index is 12.2. The Morgan fingerprint density at radius 2 is 1.84 bits per heavy atom. The fourth-order valence-corrected chi connectivity index (χ4v) is 2.79. The minimum absolute atomic E-state index is 0.132. The molecule has 2 aromatic carbocycles. The number of carbonyl (C=O) groups excluding carboxylic acids is 1. The SMILES string of the molecule is COc1ccc(Cc2nc3ccccc3n2CC(=O)OC(C)C)cc1. The van der Waals surface area contributed by atoms with Crippen LogP contribution in [0.4, 0.5) is 0 Å². The number of aromatic nitrogens is 2. The molecule has 3 aromatic rings. The maximum atomic E-state index is 12.2. The largest absolute Gasteiger partial charge is 0.497 e. The van der Waals surface area contributed by atoms with Crippen molar-refractivity contribution in [1.29, 1.82) is 0 Å². The van der Waals surface area contributed by atoms with E-state index in [9.17, 15) is 4.79 Å². The molecule has 0 spiro atoms.